The second-order valence-corrected chi connectivity index (χ2v) is 5.68. The first-order chi connectivity index (χ1) is 11.6. The number of para-hydroxylation sites is 1. The minimum absolute atomic E-state index is 0. The quantitative estimate of drug-likeness (QED) is 0.337. The van der Waals surface area contributed by atoms with Crippen LogP contribution in [-0.4, -0.2) is 0 Å². The van der Waals surface area contributed by atoms with Gasteiger partial charge in [0.1, 0.15) is 0 Å². The molecule has 4 heteroatoms. The lowest BCUT2D eigenvalue weighted by atomic mass is 10.1. The van der Waals surface area contributed by atoms with Gasteiger partial charge in [0.05, 0.1) is 10.8 Å². The molecule has 0 unspecified atom stereocenters. The van der Waals surface area contributed by atoms with E-state index in [0.29, 0.717) is 0 Å². The fraction of sp³-hybridized carbons (Fsp3) is 0.182. The van der Waals surface area contributed by atoms with E-state index in [1.807, 2.05) is 68.4 Å². The molecule has 0 N–H and O–H groups in total. The highest BCUT2D eigenvalue weighted by molar-refractivity contribution is 5.79. The smallest absolute Gasteiger partial charge is 0.223 e. The van der Waals surface area contributed by atoms with E-state index >= 15 is 0 Å². The van der Waals surface area contributed by atoms with Crippen molar-refractivity contribution in [2.45, 2.75) is 28.7 Å². The Morgan fingerprint density at radius 1 is 0.577 bits per heavy atom. The van der Waals surface area contributed by atoms with E-state index in [-0.39, 0.29) is 14.9 Å². The molecule has 2 aromatic carbocycles. The van der Waals surface area contributed by atoms with Gasteiger partial charge in [-0.05, 0) is 37.1 Å². The van der Waals surface area contributed by atoms with Crippen molar-refractivity contribution in [3.05, 3.63) is 94.6 Å². The lowest BCUT2D eigenvalue weighted by molar-refractivity contribution is -0.577. The molecule has 0 saturated heterocycles. The molecule has 0 aliphatic carbocycles. The third-order valence-corrected chi connectivity index (χ3v) is 4.05. The van der Waals surface area contributed by atoms with Crippen molar-refractivity contribution >= 4 is 21.8 Å². The molecule has 0 aliphatic rings. The van der Waals surface area contributed by atoms with E-state index in [2.05, 4.69) is 0 Å². The summed E-state index contributed by atoms with van der Waals surface area (Å²) < 4.78 is 1.78. The van der Waals surface area contributed by atoms with Crippen LogP contribution in [0.15, 0.2) is 73.1 Å². The summed E-state index contributed by atoms with van der Waals surface area (Å²) in [4.78, 5) is 0. The summed E-state index contributed by atoms with van der Waals surface area (Å²) >= 11 is 0. The fourth-order valence-corrected chi connectivity index (χ4v) is 2.72. The second kappa shape index (κ2) is 8.81. The molecular formula is C22H26N2O2. The van der Waals surface area contributed by atoms with E-state index in [1.54, 1.807) is 6.07 Å². The van der Waals surface area contributed by atoms with Gasteiger partial charge in [0.2, 0.25) is 11.0 Å². The summed E-state index contributed by atoms with van der Waals surface area (Å²) in [5.41, 5.74) is 3.74. The Hall–Kier alpha value is -3.14. The third kappa shape index (κ3) is 4.09. The predicted octanol–water partition coefficient (Wildman–Crippen LogP) is 4.84. The van der Waals surface area contributed by atoms with Crippen molar-refractivity contribution in [3.63, 3.8) is 0 Å². The van der Waals surface area contributed by atoms with Crippen LogP contribution in [0.1, 0.15) is 26.0 Å². The standard InChI is InChI=1S/2C10H9NO.2CH4/c1-8-4-2-6-10-9(8)5-3-7-11(10)12;1-8-6-7-11(12)10-5-3-2-4-9(8)10;;/h2*2-7H,1H3;2*1H4. The molecule has 4 aromatic rings. The number of aromatic nitrogens is 2. The molecule has 2 heterocycles. The SMILES string of the molecule is C.C.Cc1cc[n+]([O-])c2ccccc12.Cc1cccc2c1ccc[n+]2[O-]. The monoisotopic (exact) mass is 350 g/mol. The molecule has 2 aromatic heterocycles. The summed E-state index contributed by atoms with van der Waals surface area (Å²) in [5, 5.41) is 24.5. The third-order valence-electron chi connectivity index (χ3n) is 4.05. The molecule has 0 saturated carbocycles. The number of hydrogen-bond donors (Lipinski definition) is 0. The summed E-state index contributed by atoms with van der Waals surface area (Å²) in [7, 11) is 0. The zero-order valence-electron chi connectivity index (χ0n) is 13.6. The Labute approximate surface area is 155 Å². The summed E-state index contributed by atoms with van der Waals surface area (Å²) in [6.07, 6.45) is 3.06. The maximum Gasteiger partial charge on any atom is 0.223 e. The van der Waals surface area contributed by atoms with Crippen LogP contribution in [0.3, 0.4) is 0 Å². The van der Waals surface area contributed by atoms with Crippen LogP contribution in [-0.2, 0) is 0 Å². The van der Waals surface area contributed by atoms with Crippen LogP contribution in [0.2, 0.25) is 0 Å². The van der Waals surface area contributed by atoms with E-state index in [0.717, 1.165) is 42.4 Å². The van der Waals surface area contributed by atoms with E-state index < -0.39 is 0 Å². The van der Waals surface area contributed by atoms with Crippen LogP contribution in [0.4, 0.5) is 0 Å². The fourth-order valence-electron chi connectivity index (χ4n) is 2.72. The maximum absolute atomic E-state index is 11.2. The molecule has 136 valence electrons. The Bertz CT molecular complexity index is 895. The molecule has 26 heavy (non-hydrogen) atoms. The van der Waals surface area contributed by atoms with Gasteiger partial charge >= 0.3 is 0 Å². The van der Waals surface area contributed by atoms with Crippen molar-refractivity contribution in [2.75, 3.05) is 0 Å². The van der Waals surface area contributed by atoms with E-state index in [1.165, 1.54) is 12.4 Å². The van der Waals surface area contributed by atoms with Crippen LogP contribution in [0.25, 0.3) is 21.8 Å². The van der Waals surface area contributed by atoms with Crippen LogP contribution >= 0.6 is 0 Å². The number of benzene rings is 2. The van der Waals surface area contributed by atoms with Crippen molar-refractivity contribution in [3.8, 4) is 0 Å². The summed E-state index contributed by atoms with van der Waals surface area (Å²) in [6.45, 7) is 4.00. The largest absolute Gasteiger partial charge is 0.618 e. The normalized spacial score (nSPS) is 9.62. The lowest BCUT2D eigenvalue weighted by Crippen LogP contribution is -2.26. The molecule has 0 bridgehead atoms. The first-order valence-electron chi connectivity index (χ1n) is 7.73. The Kier molecular flexibility index (Phi) is 7.08. The van der Waals surface area contributed by atoms with Gasteiger partial charge in [-0.1, -0.05) is 39.1 Å². The number of nitrogens with zero attached hydrogens (tertiary/aromatic N) is 2. The van der Waals surface area contributed by atoms with Crippen LogP contribution < -0.4 is 9.46 Å². The average Bonchev–Trinajstić information content (AvgIpc) is 2.60. The molecule has 0 atom stereocenters. The van der Waals surface area contributed by atoms with Gasteiger partial charge in [-0.15, -0.1) is 0 Å². The highest BCUT2D eigenvalue weighted by Gasteiger charge is 2.03. The average molecular weight is 350 g/mol. The summed E-state index contributed by atoms with van der Waals surface area (Å²) in [6, 6.07) is 18.9. The van der Waals surface area contributed by atoms with Crippen LogP contribution in [0.5, 0.6) is 0 Å². The van der Waals surface area contributed by atoms with Crippen LogP contribution in [0, 0.1) is 24.3 Å². The van der Waals surface area contributed by atoms with E-state index in [9.17, 15) is 10.4 Å². The number of fused-ring (bicyclic) bond motifs is 2. The number of rotatable bonds is 0. The number of pyridine rings is 2. The molecule has 0 fully saturated rings. The highest BCUT2D eigenvalue weighted by Crippen LogP contribution is 2.13. The maximum atomic E-state index is 11.2. The van der Waals surface area contributed by atoms with Crippen molar-refractivity contribution < 1.29 is 9.46 Å². The summed E-state index contributed by atoms with van der Waals surface area (Å²) in [5.74, 6) is 0. The van der Waals surface area contributed by atoms with Gasteiger partial charge in [-0.3, -0.25) is 0 Å². The van der Waals surface area contributed by atoms with Gasteiger partial charge in [0.25, 0.3) is 0 Å². The molecule has 4 nitrogen and oxygen atoms in total. The van der Waals surface area contributed by atoms with Gasteiger partial charge in [0.15, 0.2) is 12.4 Å². The Morgan fingerprint density at radius 2 is 1.08 bits per heavy atom. The number of hydrogen-bond acceptors (Lipinski definition) is 2. The van der Waals surface area contributed by atoms with Gasteiger partial charge in [0, 0.05) is 24.3 Å². The van der Waals surface area contributed by atoms with E-state index in [4.69, 9.17) is 0 Å². The zero-order valence-corrected chi connectivity index (χ0v) is 13.6. The highest BCUT2D eigenvalue weighted by atomic mass is 16.5. The van der Waals surface area contributed by atoms with Crippen molar-refractivity contribution in [1.82, 2.24) is 0 Å². The molecule has 0 aliphatic heterocycles. The van der Waals surface area contributed by atoms with Gasteiger partial charge < -0.3 is 10.4 Å². The molecule has 0 amide bonds. The lowest BCUT2D eigenvalue weighted by Gasteiger charge is -2.02. The minimum Gasteiger partial charge on any atom is -0.618 e. The Morgan fingerprint density at radius 3 is 1.73 bits per heavy atom. The number of aryl methyl sites for hydroxylation is 2. The van der Waals surface area contributed by atoms with Crippen molar-refractivity contribution in [2.24, 2.45) is 0 Å². The molecule has 0 spiro atoms. The predicted molar refractivity (Wildman–Crippen MR) is 109 cm³/mol. The van der Waals surface area contributed by atoms with Crippen molar-refractivity contribution in [1.29, 1.82) is 0 Å². The molecule has 0 radical (unpaired) electrons. The first kappa shape index (κ1) is 20.9. The second-order valence-electron chi connectivity index (χ2n) is 5.68. The van der Waals surface area contributed by atoms with Gasteiger partial charge in [-0.2, -0.15) is 9.46 Å². The zero-order chi connectivity index (χ0) is 17.1. The molecular weight excluding hydrogens is 324 g/mol. The van der Waals surface area contributed by atoms with Gasteiger partial charge in [-0.25, -0.2) is 0 Å². The molecule has 4 rings (SSSR count). The minimum atomic E-state index is 0. The Balaban J connectivity index is 0.000000241. The first-order valence-corrected chi connectivity index (χ1v) is 7.73. The topological polar surface area (TPSA) is 53.9 Å².